The molecule has 0 spiro atoms. The molecule has 0 aromatic heterocycles. The Morgan fingerprint density at radius 1 is 1.37 bits per heavy atom. The number of nitrogens with zero attached hydrogens (tertiary/aromatic N) is 2. The van der Waals surface area contributed by atoms with E-state index in [1.807, 2.05) is 0 Å². The maximum atomic E-state index is 12.4. The van der Waals surface area contributed by atoms with Gasteiger partial charge in [0.15, 0.2) is 0 Å². The van der Waals surface area contributed by atoms with Crippen LogP contribution >= 0.6 is 0 Å². The molecule has 0 saturated carbocycles. The second kappa shape index (κ2) is 4.55. The van der Waals surface area contributed by atoms with Gasteiger partial charge < -0.3 is 20.0 Å². The Hall–Kier alpha value is -2.08. The summed E-state index contributed by atoms with van der Waals surface area (Å²) in [6.07, 6.45) is 0. The molecule has 0 radical (unpaired) electrons. The van der Waals surface area contributed by atoms with Gasteiger partial charge in [0.25, 0.3) is 5.91 Å². The van der Waals surface area contributed by atoms with Crippen molar-refractivity contribution in [1.82, 2.24) is 4.90 Å². The average molecular weight is 264 g/mol. The molecule has 0 aliphatic carbocycles. The van der Waals surface area contributed by atoms with Crippen molar-refractivity contribution in [3.63, 3.8) is 0 Å². The van der Waals surface area contributed by atoms with Crippen LogP contribution in [0.2, 0.25) is 0 Å². The number of aliphatic hydroxyl groups excluding tert-OH is 1. The highest BCUT2D eigenvalue weighted by Crippen LogP contribution is 2.35. The first kappa shape index (κ1) is 13.4. The summed E-state index contributed by atoms with van der Waals surface area (Å²) in [6, 6.07) is 6.85. The second-order valence-corrected chi connectivity index (χ2v) is 4.58. The van der Waals surface area contributed by atoms with Crippen LogP contribution in [0.25, 0.3) is 0 Å². The topological polar surface area (TPSA) is 81.1 Å². The monoisotopic (exact) mass is 264 g/mol. The summed E-state index contributed by atoms with van der Waals surface area (Å²) < 4.78 is 0. The zero-order valence-electron chi connectivity index (χ0n) is 10.8. The highest BCUT2D eigenvalue weighted by Gasteiger charge is 2.50. The van der Waals surface area contributed by atoms with Crippen molar-refractivity contribution in [2.24, 2.45) is 0 Å². The second-order valence-electron chi connectivity index (χ2n) is 4.58. The molecule has 2 N–H and O–H groups in total. The number of aliphatic hydroxyl groups is 1. The van der Waals surface area contributed by atoms with Gasteiger partial charge >= 0.3 is 5.97 Å². The molecule has 2 rings (SSSR count). The molecule has 1 aromatic carbocycles. The van der Waals surface area contributed by atoms with Gasteiger partial charge in [-0.1, -0.05) is 12.1 Å². The molecule has 1 aliphatic rings. The number of carboxylic acids is 1. The Labute approximate surface area is 110 Å². The van der Waals surface area contributed by atoms with E-state index >= 15 is 0 Å². The quantitative estimate of drug-likeness (QED) is 0.824. The number of carbonyl (C=O) groups excluding carboxylic acids is 1. The highest BCUT2D eigenvalue weighted by molar-refractivity contribution is 6.06. The minimum atomic E-state index is -1.51. The number of carbonyl (C=O) groups is 2. The van der Waals surface area contributed by atoms with Crippen LogP contribution in [0.5, 0.6) is 0 Å². The lowest BCUT2D eigenvalue weighted by Crippen LogP contribution is -2.67. The molecule has 0 fully saturated rings. The van der Waals surface area contributed by atoms with Crippen LogP contribution < -0.4 is 4.90 Å². The number of likely N-dealkylation sites (N-methyl/N-ethyl adjacent to an activating group) is 1. The Morgan fingerprint density at radius 2 is 2.00 bits per heavy atom. The van der Waals surface area contributed by atoms with Crippen LogP contribution in [0.4, 0.5) is 5.69 Å². The molecular formula is C13H16N2O4. The summed E-state index contributed by atoms with van der Waals surface area (Å²) in [5.74, 6) is -1.51. The van der Waals surface area contributed by atoms with E-state index < -0.39 is 11.6 Å². The smallest absolute Gasteiger partial charge is 0.350 e. The van der Waals surface area contributed by atoms with Crippen molar-refractivity contribution < 1.29 is 19.8 Å². The molecule has 1 amide bonds. The first-order valence-corrected chi connectivity index (χ1v) is 5.93. The predicted octanol–water partition coefficient (Wildman–Crippen LogP) is 0.372. The molecule has 0 saturated heterocycles. The van der Waals surface area contributed by atoms with E-state index in [4.69, 9.17) is 5.11 Å². The third-order valence-electron chi connectivity index (χ3n) is 3.65. The Balaban J connectivity index is 2.63. The van der Waals surface area contributed by atoms with Crippen LogP contribution in [-0.2, 0) is 4.79 Å². The fourth-order valence-corrected chi connectivity index (χ4v) is 2.38. The number of anilines is 1. The van der Waals surface area contributed by atoms with Crippen LogP contribution in [0, 0.1) is 0 Å². The summed E-state index contributed by atoms with van der Waals surface area (Å²) in [5.41, 5.74) is -0.488. The number of rotatable bonds is 3. The molecule has 1 aliphatic heterocycles. The van der Waals surface area contributed by atoms with E-state index in [1.54, 1.807) is 36.2 Å². The predicted molar refractivity (Wildman–Crippen MR) is 69.0 cm³/mol. The Bertz CT molecular complexity index is 531. The first-order valence-electron chi connectivity index (χ1n) is 5.93. The highest BCUT2D eigenvalue weighted by atomic mass is 16.4. The van der Waals surface area contributed by atoms with E-state index in [0.29, 0.717) is 11.3 Å². The zero-order valence-corrected chi connectivity index (χ0v) is 10.8. The van der Waals surface area contributed by atoms with Crippen LogP contribution in [0.15, 0.2) is 24.3 Å². The van der Waals surface area contributed by atoms with Gasteiger partial charge in [0.2, 0.25) is 5.66 Å². The summed E-state index contributed by atoms with van der Waals surface area (Å²) >= 11 is 0. The van der Waals surface area contributed by atoms with Gasteiger partial charge in [0.1, 0.15) is 0 Å². The Morgan fingerprint density at radius 3 is 2.58 bits per heavy atom. The van der Waals surface area contributed by atoms with Crippen molar-refractivity contribution in [3.05, 3.63) is 29.8 Å². The van der Waals surface area contributed by atoms with Gasteiger partial charge in [-0.25, -0.2) is 4.79 Å². The number of carboxylic acid groups (broad SMARTS) is 1. The third kappa shape index (κ3) is 1.76. The molecule has 6 nitrogen and oxygen atoms in total. The van der Waals surface area contributed by atoms with Gasteiger partial charge in [-0.05, 0) is 19.1 Å². The van der Waals surface area contributed by atoms with Crippen molar-refractivity contribution in [2.45, 2.75) is 12.6 Å². The van der Waals surface area contributed by atoms with Crippen LogP contribution in [0.3, 0.4) is 0 Å². The SMILES string of the molecule is CN1c2ccccc2C(=O)N(CCO)C1(C)C(=O)O. The van der Waals surface area contributed by atoms with E-state index in [-0.39, 0.29) is 19.1 Å². The van der Waals surface area contributed by atoms with Crippen molar-refractivity contribution >= 4 is 17.6 Å². The molecular weight excluding hydrogens is 248 g/mol. The third-order valence-corrected chi connectivity index (χ3v) is 3.65. The molecule has 1 aromatic rings. The summed E-state index contributed by atoms with van der Waals surface area (Å²) in [6.45, 7) is 1.14. The number of amides is 1. The number of hydrogen-bond donors (Lipinski definition) is 2. The van der Waals surface area contributed by atoms with E-state index in [0.717, 1.165) is 0 Å². The van der Waals surface area contributed by atoms with Gasteiger partial charge in [0, 0.05) is 13.6 Å². The standard InChI is InChI=1S/C13H16N2O4/c1-13(12(18)19)14(2)10-6-4-3-5-9(10)11(17)15(13)7-8-16/h3-6,16H,7-8H2,1-2H3,(H,18,19). The lowest BCUT2D eigenvalue weighted by molar-refractivity contribution is -0.149. The summed E-state index contributed by atoms with van der Waals surface area (Å²) in [4.78, 5) is 26.7. The van der Waals surface area contributed by atoms with E-state index in [9.17, 15) is 14.7 Å². The first-order chi connectivity index (χ1) is 8.94. The maximum absolute atomic E-state index is 12.4. The van der Waals surface area contributed by atoms with Gasteiger partial charge in [-0.3, -0.25) is 4.79 Å². The van der Waals surface area contributed by atoms with Gasteiger partial charge in [-0.15, -0.1) is 0 Å². The summed E-state index contributed by atoms with van der Waals surface area (Å²) in [5, 5.41) is 18.6. The molecule has 1 unspecified atom stereocenters. The largest absolute Gasteiger partial charge is 0.478 e. The van der Waals surface area contributed by atoms with Crippen molar-refractivity contribution in [3.8, 4) is 0 Å². The average Bonchev–Trinajstić information content (AvgIpc) is 2.41. The number of β-amino-alcohol motifs (C(OH)–C–C–N with tert-alkyl or cyclic N) is 1. The fourth-order valence-electron chi connectivity index (χ4n) is 2.38. The minimum Gasteiger partial charge on any atom is -0.478 e. The molecule has 1 atom stereocenters. The molecule has 1 heterocycles. The van der Waals surface area contributed by atoms with Crippen molar-refractivity contribution in [2.75, 3.05) is 25.1 Å². The maximum Gasteiger partial charge on any atom is 0.350 e. The fraction of sp³-hybridized carbons (Fsp3) is 0.385. The number of benzene rings is 1. The number of aliphatic carboxylic acids is 1. The van der Waals surface area contributed by atoms with Gasteiger partial charge in [0.05, 0.1) is 17.9 Å². The Kier molecular flexibility index (Phi) is 3.20. The van der Waals surface area contributed by atoms with Crippen LogP contribution in [0.1, 0.15) is 17.3 Å². The lowest BCUT2D eigenvalue weighted by atomic mass is 9.98. The number of para-hydroxylation sites is 1. The normalized spacial score (nSPS) is 22.4. The van der Waals surface area contributed by atoms with Crippen molar-refractivity contribution in [1.29, 1.82) is 0 Å². The van der Waals surface area contributed by atoms with Gasteiger partial charge in [-0.2, -0.15) is 0 Å². The van der Waals surface area contributed by atoms with E-state index in [2.05, 4.69) is 0 Å². The van der Waals surface area contributed by atoms with E-state index in [1.165, 1.54) is 11.8 Å². The molecule has 6 heteroatoms. The molecule has 102 valence electrons. The summed E-state index contributed by atoms with van der Waals surface area (Å²) in [7, 11) is 1.63. The molecule has 0 bridgehead atoms. The number of fused-ring (bicyclic) bond motifs is 1. The van der Waals surface area contributed by atoms with Crippen LogP contribution in [-0.4, -0.2) is 52.9 Å². The lowest BCUT2D eigenvalue weighted by Gasteiger charge is -2.48. The number of hydrogen-bond acceptors (Lipinski definition) is 4. The zero-order chi connectivity index (χ0) is 14.2. The molecule has 19 heavy (non-hydrogen) atoms. The minimum absolute atomic E-state index is 0.0275.